The second kappa shape index (κ2) is 5.93. The van der Waals surface area contributed by atoms with Gasteiger partial charge >= 0.3 is 0 Å². The lowest BCUT2D eigenvalue weighted by molar-refractivity contribution is 0.403. The van der Waals surface area contributed by atoms with Gasteiger partial charge in [-0.15, -0.1) is 11.3 Å². The lowest BCUT2D eigenvalue weighted by Gasteiger charge is -2.21. The summed E-state index contributed by atoms with van der Waals surface area (Å²) in [6, 6.07) is 0.596. The molecule has 0 saturated carbocycles. The third-order valence-corrected chi connectivity index (χ3v) is 5.68. The molecule has 1 aromatic heterocycles. The van der Waals surface area contributed by atoms with Gasteiger partial charge in [0.05, 0.1) is 10.7 Å². The average molecular weight is 284 g/mol. The maximum atomic E-state index is 4.81. The number of thioether (sulfide) groups is 1. The summed E-state index contributed by atoms with van der Waals surface area (Å²) < 4.78 is 0. The van der Waals surface area contributed by atoms with Crippen LogP contribution in [0.25, 0.3) is 0 Å². The van der Waals surface area contributed by atoms with Crippen LogP contribution in [-0.2, 0) is 11.8 Å². The predicted octanol–water partition coefficient (Wildman–Crippen LogP) is 3.32. The van der Waals surface area contributed by atoms with E-state index in [1.165, 1.54) is 28.6 Å². The number of nitrogens with zero attached hydrogens (tertiary/aromatic N) is 1. The van der Waals surface area contributed by atoms with E-state index in [9.17, 15) is 0 Å². The lowest BCUT2D eigenvalue weighted by Crippen LogP contribution is -2.35. The number of hydrogen-bond donors (Lipinski definition) is 1. The number of likely N-dealkylation sites (N-methyl/N-ethyl adjacent to an activating group) is 1. The topological polar surface area (TPSA) is 24.9 Å². The Morgan fingerprint density at radius 1 is 1.50 bits per heavy atom. The molecule has 0 aromatic carbocycles. The van der Waals surface area contributed by atoms with E-state index in [0.29, 0.717) is 6.04 Å². The van der Waals surface area contributed by atoms with Crippen molar-refractivity contribution in [3.63, 3.8) is 0 Å². The molecule has 2 unspecified atom stereocenters. The molecule has 1 fully saturated rings. The molecule has 4 heteroatoms. The van der Waals surface area contributed by atoms with Gasteiger partial charge in [0.25, 0.3) is 0 Å². The van der Waals surface area contributed by atoms with E-state index in [2.05, 4.69) is 50.3 Å². The largest absolute Gasteiger partial charge is 0.316 e. The number of hydrogen-bond acceptors (Lipinski definition) is 4. The third kappa shape index (κ3) is 3.49. The van der Waals surface area contributed by atoms with Crippen molar-refractivity contribution in [1.29, 1.82) is 0 Å². The van der Waals surface area contributed by atoms with E-state index in [-0.39, 0.29) is 5.41 Å². The van der Waals surface area contributed by atoms with Gasteiger partial charge in [0.1, 0.15) is 0 Å². The van der Waals surface area contributed by atoms with Gasteiger partial charge in [0, 0.05) is 23.3 Å². The van der Waals surface area contributed by atoms with Crippen molar-refractivity contribution in [3.05, 3.63) is 16.1 Å². The molecule has 1 N–H and O–H groups in total. The summed E-state index contributed by atoms with van der Waals surface area (Å²) in [5.74, 6) is 3.46. The minimum Gasteiger partial charge on any atom is -0.316 e. The van der Waals surface area contributed by atoms with Gasteiger partial charge in [0.2, 0.25) is 0 Å². The summed E-state index contributed by atoms with van der Waals surface area (Å²) >= 11 is 3.91. The van der Waals surface area contributed by atoms with Gasteiger partial charge in [0.15, 0.2) is 0 Å². The van der Waals surface area contributed by atoms with Crippen LogP contribution in [0.1, 0.15) is 37.9 Å². The number of aromatic nitrogens is 1. The molecule has 102 valence electrons. The smallest absolute Gasteiger partial charge is 0.0944 e. The fourth-order valence-electron chi connectivity index (χ4n) is 2.31. The van der Waals surface area contributed by atoms with Crippen molar-refractivity contribution in [3.8, 4) is 0 Å². The minimum atomic E-state index is 0.174. The number of thiazole rings is 1. The monoisotopic (exact) mass is 284 g/mol. The van der Waals surface area contributed by atoms with Crippen LogP contribution in [0.5, 0.6) is 0 Å². The van der Waals surface area contributed by atoms with Gasteiger partial charge in [-0.2, -0.15) is 11.8 Å². The van der Waals surface area contributed by atoms with Gasteiger partial charge in [-0.05, 0) is 30.9 Å². The Morgan fingerprint density at radius 3 is 2.78 bits per heavy atom. The van der Waals surface area contributed by atoms with Crippen LogP contribution >= 0.6 is 23.1 Å². The van der Waals surface area contributed by atoms with Gasteiger partial charge in [-0.1, -0.05) is 20.8 Å². The van der Waals surface area contributed by atoms with E-state index in [4.69, 9.17) is 4.98 Å². The molecule has 0 spiro atoms. The molecule has 1 aromatic rings. The van der Waals surface area contributed by atoms with Crippen molar-refractivity contribution >= 4 is 23.1 Å². The van der Waals surface area contributed by atoms with Crippen molar-refractivity contribution in [2.45, 2.75) is 45.1 Å². The van der Waals surface area contributed by atoms with Crippen LogP contribution in [0.3, 0.4) is 0 Å². The van der Waals surface area contributed by atoms with Crippen LogP contribution in [0.2, 0.25) is 0 Å². The van der Waals surface area contributed by atoms with E-state index < -0.39 is 0 Å². The van der Waals surface area contributed by atoms with Crippen LogP contribution in [-0.4, -0.2) is 29.6 Å². The van der Waals surface area contributed by atoms with Crippen LogP contribution < -0.4 is 5.32 Å². The summed E-state index contributed by atoms with van der Waals surface area (Å²) in [5.41, 5.74) is 1.41. The first kappa shape index (κ1) is 14.4. The Kier molecular flexibility index (Phi) is 4.73. The number of nitrogens with one attached hydrogen (secondary N) is 1. The van der Waals surface area contributed by atoms with Crippen LogP contribution in [0.15, 0.2) is 5.38 Å². The Labute approximate surface area is 119 Å². The minimum absolute atomic E-state index is 0.174. The highest BCUT2D eigenvalue weighted by molar-refractivity contribution is 7.99. The lowest BCUT2D eigenvalue weighted by atomic mass is 9.93. The third-order valence-electron chi connectivity index (χ3n) is 3.62. The Balaban J connectivity index is 2.01. The molecular weight excluding hydrogens is 260 g/mol. The molecule has 2 nitrogen and oxygen atoms in total. The molecular formula is C14H24N2S2. The average Bonchev–Trinajstić information content (AvgIpc) is 2.95. The van der Waals surface area contributed by atoms with Crippen molar-refractivity contribution in [2.75, 3.05) is 18.6 Å². The van der Waals surface area contributed by atoms with Crippen molar-refractivity contribution < 1.29 is 0 Å². The first-order valence-corrected chi connectivity index (χ1v) is 8.74. The molecule has 0 aliphatic carbocycles. The highest BCUT2D eigenvalue weighted by Crippen LogP contribution is 2.29. The Morgan fingerprint density at radius 2 is 2.28 bits per heavy atom. The first-order chi connectivity index (χ1) is 8.50. The first-order valence-electron chi connectivity index (χ1n) is 6.70. The molecule has 0 bridgehead atoms. The quantitative estimate of drug-likeness (QED) is 0.918. The molecule has 0 radical (unpaired) electrons. The number of rotatable bonds is 4. The van der Waals surface area contributed by atoms with Crippen LogP contribution in [0.4, 0.5) is 0 Å². The Hall–Kier alpha value is -0.0600. The van der Waals surface area contributed by atoms with E-state index in [1.807, 2.05) is 11.3 Å². The predicted molar refractivity (Wildman–Crippen MR) is 82.8 cm³/mol. The Bertz CT molecular complexity index is 375. The standard InChI is InChI=1S/C14H24N2S2/c1-14(2,3)12-9-18-13(16-12)7-11(15-4)10-5-6-17-8-10/h9-11,15H,5-8H2,1-4H3. The maximum Gasteiger partial charge on any atom is 0.0944 e. The van der Waals surface area contributed by atoms with E-state index in [1.54, 1.807) is 0 Å². The zero-order valence-electron chi connectivity index (χ0n) is 11.8. The van der Waals surface area contributed by atoms with Crippen molar-refractivity contribution in [2.24, 2.45) is 5.92 Å². The summed E-state index contributed by atoms with van der Waals surface area (Å²) in [6.45, 7) is 6.69. The van der Waals surface area contributed by atoms with Gasteiger partial charge in [-0.3, -0.25) is 0 Å². The highest BCUT2D eigenvalue weighted by Gasteiger charge is 2.26. The highest BCUT2D eigenvalue weighted by atomic mass is 32.2. The normalized spacial score (nSPS) is 22.3. The zero-order chi connectivity index (χ0) is 13.2. The molecule has 2 atom stereocenters. The summed E-state index contributed by atoms with van der Waals surface area (Å²) in [6.07, 6.45) is 2.44. The van der Waals surface area contributed by atoms with Gasteiger partial charge in [-0.25, -0.2) is 4.98 Å². The fraction of sp³-hybridized carbons (Fsp3) is 0.786. The molecule has 1 aliphatic rings. The second-order valence-electron chi connectivity index (χ2n) is 6.10. The second-order valence-corrected chi connectivity index (χ2v) is 8.19. The van der Waals surface area contributed by atoms with E-state index in [0.717, 1.165) is 12.3 Å². The fourth-order valence-corrected chi connectivity index (χ4v) is 4.73. The molecule has 0 amide bonds. The van der Waals surface area contributed by atoms with E-state index >= 15 is 0 Å². The summed E-state index contributed by atoms with van der Waals surface area (Å²) in [7, 11) is 2.09. The van der Waals surface area contributed by atoms with Crippen LogP contribution in [0, 0.1) is 5.92 Å². The molecule has 2 rings (SSSR count). The molecule has 1 aliphatic heterocycles. The zero-order valence-corrected chi connectivity index (χ0v) is 13.5. The SMILES string of the molecule is CNC(Cc1nc(C(C)(C)C)cs1)C1CCSC1. The molecule has 2 heterocycles. The summed E-state index contributed by atoms with van der Waals surface area (Å²) in [5, 5.41) is 7.01. The maximum absolute atomic E-state index is 4.81. The molecule has 1 saturated heterocycles. The summed E-state index contributed by atoms with van der Waals surface area (Å²) in [4.78, 5) is 4.81. The van der Waals surface area contributed by atoms with Crippen molar-refractivity contribution in [1.82, 2.24) is 10.3 Å². The molecule has 18 heavy (non-hydrogen) atoms. The van der Waals surface area contributed by atoms with Gasteiger partial charge < -0.3 is 5.32 Å².